The van der Waals surface area contributed by atoms with E-state index in [9.17, 15) is 14.0 Å². The predicted molar refractivity (Wildman–Crippen MR) is 98.7 cm³/mol. The van der Waals surface area contributed by atoms with Crippen LogP contribution >= 0.6 is 24.0 Å². The summed E-state index contributed by atoms with van der Waals surface area (Å²) in [6, 6.07) is 12.6. The van der Waals surface area contributed by atoms with E-state index in [1.54, 1.807) is 37.5 Å². The highest BCUT2D eigenvalue weighted by Crippen LogP contribution is 2.34. The molecule has 0 unspecified atom stereocenters. The lowest BCUT2D eigenvalue weighted by molar-refractivity contribution is -0.120. The Balaban J connectivity index is 1.88. The molecular formula is C18H12FNO3S2. The molecule has 0 radical (unpaired) electrons. The number of rotatable bonds is 3. The summed E-state index contributed by atoms with van der Waals surface area (Å²) in [7, 11) is 1.56. The van der Waals surface area contributed by atoms with Gasteiger partial charge < -0.3 is 4.74 Å². The second-order valence-electron chi connectivity index (χ2n) is 5.08. The van der Waals surface area contributed by atoms with Crippen molar-refractivity contribution in [2.75, 3.05) is 7.11 Å². The summed E-state index contributed by atoms with van der Waals surface area (Å²) in [6.45, 7) is 0. The van der Waals surface area contributed by atoms with Crippen molar-refractivity contribution in [3.8, 4) is 5.75 Å². The fourth-order valence-corrected chi connectivity index (χ4v) is 3.50. The SMILES string of the molecule is COc1ccc(/C=C2/SC(=S)N(C(=O)c3ccccc3F)C2=O)cc1. The summed E-state index contributed by atoms with van der Waals surface area (Å²) >= 11 is 6.14. The number of benzene rings is 2. The Labute approximate surface area is 153 Å². The molecule has 3 rings (SSSR count). The summed E-state index contributed by atoms with van der Waals surface area (Å²) in [6.07, 6.45) is 1.63. The molecule has 2 aromatic rings. The second-order valence-corrected chi connectivity index (χ2v) is 6.75. The first kappa shape index (κ1) is 17.3. The molecule has 1 aliphatic rings. The van der Waals surface area contributed by atoms with Crippen molar-refractivity contribution >= 4 is 46.2 Å². The van der Waals surface area contributed by atoms with Crippen LogP contribution in [0.3, 0.4) is 0 Å². The van der Waals surface area contributed by atoms with Crippen LogP contribution < -0.4 is 4.74 Å². The number of halogens is 1. The number of methoxy groups -OCH3 is 1. The van der Waals surface area contributed by atoms with Crippen LogP contribution in [0.5, 0.6) is 5.75 Å². The Morgan fingerprint density at radius 3 is 2.52 bits per heavy atom. The highest BCUT2D eigenvalue weighted by molar-refractivity contribution is 8.26. The van der Waals surface area contributed by atoms with E-state index in [2.05, 4.69) is 0 Å². The molecule has 25 heavy (non-hydrogen) atoms. The zero-order chi connectivity index (χ0) is 18.0. The van der Waals surface area contributed by atoms with Gasteiger partial charge in [0.1, 0.15) is 11.6 Å². The first-order valence-corrected chi connectivity index (χ1v) is 8.44. The number of thiocarbonyl (C=S) groups is 1. The largest absolute Gasteiger partial charge is 0.497 e. The number of carbonyl (C=O) groups excluding carboxylic acids is 2. The van der Waals surface area contributed by atoms with Crippen LogP contribution in [-0.4, -0.2) is 28.1 Å². The van der Waals surface area contributed by atoms with Crippen molar-refractivity contribution in [1.29, 1.82) is 0 Å². The van der Waals surface area contributed by atoms with Gasteiger partial charge in [-0.15, -0.1) is 0 Å². The fraction of sp³-hybridized carbons (Fsp3) is 0.0556. The average Bonchev–Trinajstić information content (AvgIpc) is 2.89. The number of hydrogen-bond donors (Lipinski definition) is 0. The van der Waals surface area contributed by atoms with Gasteiger partial charge in [-0.2, -0.15) is 0 Å². The van der Waals surface area contributed by atoms with Crippen molar-refractivity contribution in [3.63, 3.8) is 0 Å². The summed E-state index contributed by atoms with van der Waals surface area (Å²) in [5.74, 6) is -1.32. The van der Waals surface area contributed by atoms with Gasteiger partial charge in [-0.05, 0) is 35.9 Å². The maximum absolute atomic E-state index is 13.8. The van der Waals surface area contributed by atoms with Crippen LogP contribution in [0, 0.1) is 5.82 Å². The normalized spacial score (nSPS) is 15.8. The predicted octanol–water partition coefficient (Wildman–Crippen LogP) is 3.88. The van der Waals surface area contributed by atoms with E-state index < -0.39 is 17.6 Å². The van der Waals surface area contributed by atoms with E-state index in [-0.39, 0.29) is 9.88 Å². The van der Waals surface area contributed by atoms with E-state index in [1.165, 1.54) is 18.2 Å². The molecule has 1 saturated heterocycles. The molecule has 0 atom stereocenters. The maximum Gasteiger partial charge on any atom is 0.273 e. The molecule has 7 heteroatoms. The van der Waals surface area contributed by atoms with Gasteiger partial charge in [-0.1, -0.05) is 48.2 Å². The van der Waals surface area contributed by atoms with Crippen molar-refractivity contribution in [1.82, 2.24) is 4.90 Å². The van der Waals surface area contributed by atoms with E-state index in [1.807, 2.05) is 0 Å². The van der Waals surface area contributed by atoms with Crippen molar-refractivity contribution < 1.29 is 18.7 Å². The lowest BCUT2D eigenvalue weighted by Gasteiger charge is -2.12. The molecule has 0 aliphatic carbocycles. The summed E-state index contributed by atoms with van der Waals surface area (Å²) < 4.78 is 19.0. The van der Waals surface area contributed by atoms with Crippen LogP contribution in [-0.2, 0) is 4.79 Å². The van der Waals surface area contributed by atoms with Crippen LogP contribution in [0.2, 0.25) is 0 Å². The Bertz CT molecular complexity index is 893. The second kappa shape index (κ2) is 7.16. The molecule has 0 aromatic heterocycles. The highest BCUT2D eigenvalue weighted by atomic mass is 32.2. The summed E-state index contributed by atoms with van der Waals surface area (Å²) in [4.78, 5) is 26.2. The van der Waals surface area contributed by atoms with Gasteiger partial charge >= 0.3 is 0 Å². The van der Waals surface area contributed by atoms with Gasteiger partial charge in [0.25, 0.3) is 11.8 Å². The van der Waals surface area contributed by atoms with Crippen molar-refractivity contribution in [2.45, 2.75) is 0 Å². The minimum absolute atomic E-state index is 0.0815. The monoisotopic (exact) mass is 373 g/mol. The number of nitrogens with zero attached hydrogens (tertiary/aromatic N) is 1. The first-order valence-electron chi connectivity index (χ1n) is 7.22. The molecule has 126 valence electrons. The zero-order valence-corrected chi connectivity index (χ0v) is 14.7. The van der Waals surface area contributed by atoms with Gasteiger partial charge in [0.2, 0.25) is 0 Å². The van der Waals surface area contributed by atoms with E-state index in [0.717, 1.165) is 28.3 Å². The highest BCUT2D eigenvalue weighted by Gasteiger charge is 2.38. The molecule has 0 spiro atoms. The Morgan fingerprint density at radius 1 is 1.20 bits per heavy atom. The number of ether oxygens (including phenoxy) is 1. The van der Waals surface area contributed by atoms with Gasteiger partial charge in [-0.25, -0.2) is 9.29 Å². The summed E-state index contributed by atoms with van der Waals surface area (Å²) in [5, 5.41) is 0. The molecule has 2 amide bonds. The van der Waals surface area contributed by atoms with E-state index in [4.69, 9.17) is 17.0 Å². The lowest BCUT2D eigenvalue weighted by Crippen LogP contribution is -2.35. The number of amides is 2. The number of carbonyl (C=O) groups is 2. The fourth-order valence-electron chi connectivity index (χ4n) is 2.25. The van der Waals surface area contributed by atoms with E-state index in [0.29, 0.717) is 10.7 Å². The molecule has 0 bridgehead atoms. The van der Waals surface area contributed by atoms with E-state index >= 15 is 0 Å². The first-order chi connectivity index (χ1) is 12.0. The minimum Gasteiger partial charge on any atom is -0.497 e. The Kier molecular flexibility index (Phi) is 4.96. The summed E-state index contributed by atoms with van der Waals surface area (Å²) in [5.41, 5.74) is 0.573. The smallest absolute Gasteiger partial charge is 0.273 e. The van der Waals surface area contributed by atoms with Gasteiger partial charge in [0.15, 0.2) is 4.32 Å². The third kappa shape index (κ3) is 3.47. The van der Waals surface area contributed by atoms with Crippen molar-refractivity contribution in [2.24, 2.45) is 0 Å². The van der Waals surface area contributed by atoms with Gasteiger partial charge in [0, 0.05) is 0 Å². The molecule has 0 saturated carbocycles. The lowest BCUT2D eigenvalue weighted by atomic mass is 10.1. The topological polar surface area (TPSA) is 46.6 Å². The third-order valence-electron chi connectivity index (χ3n) is 3.51. The Hall–Kier alpha value is -2.51. The Morgan fingerprint density at radius 2 is 1.88 bits per heavy atom. The third-order valence-corrected chi connectivity index (χ3v) is 4.82. The molecule has 1 aliphatic heterocycles. The molecule has 4 nitrogen and oxygen atoms in total. The standard InChI is InChI=1S/C18H12FNO3S2/c1-23-12-8-6-11(7-9-12)10-15-17(22)20(18(24)25-15)16(21)13-4-2-3-5-14(13)19/h2-10H,1H3/b15-10+. The molecule has 1 fully saturated rings. The molecular weight excluding hydrogens is 361 g/mol. The van der Waals surface area contributed by atoms with Crippen LogP contribution in [0.4, 0.5) is 4.39 Å². The van der Waals surface area contributed by atoms with Crippen LogP contribution in [0.1, 0.15) is 15.9 Å². The zero-order valence-electron chi connectivity index (χ0n) is 13.1. The quantitative estimate of drug-likeness (QED) is 0.464. The molecule has 0 N–H and O–H groups in total. The van der Waals surface area contributed by atoms with Gasteiger partial charge in [0.05, 0.1) is 17.6 Å². The van der Waals surface area contributed by atoms with Crippen molar-refractivity contribution in [3.05, 3.63) is 70.4 Å². The van der Waals surface area contributed by atoms with Gasteiger partial charge in [-0.3, -0.25) is 9.59 Å². The van der Waals surface area contributed by atoms with Crippen LogP contribution in [0.15, 0.2) is 53.4 Å². The molecule has 1 heterocycles. The number of thioether (sulfide) groups is 1. The molecule has 2 aromatic carbocycles. The maximum atomic E-state index is 13.8. The number of imide groups is 1. The average molecular weight is 373 g/mol. The van der Waals surface area contributed by atoms with Crippen LogP contribution in [0.25, 0.3) is 6.08 Å². The minimum atomic E-state index is -0.765. The number of hydrogen-bond acceptors (Lipinski definition) is 5.